The number of benzene rings is 1. The normalized spacial score (nSPS) is 12.2. The zero-order valence-electron chi connectivity index (χ0n) is 12.2. The van der Waals surface area contributed by atoms with Gasteiger partial charge in [-0.05, 0) is 19.1 Å². The van der Waals surface area contributed by atoms with Crippen molar-refractivity contribution in [2.24, 2.45) is 0 Å². The van der Waals surface area contributed by atoms with Crippen molar-refractivity contribution in [3.05, 3.63) is 30.2 Å². The second kappa shape index (κ2) is 4.44. The number of fused-ring (bicyclic) bond motifs is 1. The minimum Gasteiger partial charge on any atom is -0.418 e. The Bertz CT molecular complexity index is 749. The quantitative estimate of drug-likeness (QED) is 0.716. The van der Waals surface area contributed by atoms with Crippen LogP contribution in [0.1, 0.15) is 33.6 Å². The van der Waals surface area contributed by atoms with E-state index in [4.69, 9.17) is 4.42 Å². The molecule has 0 fully saturated rings. The van der Waals surface area contributed by atoms with E-state index in [1.54, 1.807) is 0 Å². The highest BCUT2D eigenvalue weighted by molar-refractivity contribution is 5.79. The summed E-state index contributed by atoms with van der Waals surface area (Å²) in [5.41, 5.74) is 1.87. The van der Waals surface area contributed by atoms with Gasteiger partial charge in [0.2, 0.25) is 5.89 Å². The predicted molar refractivity (Wildman–Crippen MR) is 77.4 cm³/mol. The summed E-state index contributed by atoms with van der Waals surface area (Å²) in [7, 11) is 0. The van der Waals surface area contributed by atoms with Crippen LogP contribution in [0.15, 0.2) is 28.7 Å². The lowest BCUT2D eigenvalue weighted by Gasteiger charge is -2.11. The highest BCUT2D eigenvalue weighted by Crippen LogP contribution is 2.27. The van der Waals surface area contributed by atoms with E-state index in [1.165, 1.54) is 0 Å². The van der Waals surface area contributed by atoms with Gasteiger partial charge in [-0.2, -0.15) is 0 Å². The van der Waals surface area contributed by atoms with Gasteiger partial charge in [-0.15, -0.1) is 10.2 Å². The van der Waals surface area contributed by atoms with Crippen molar-refractivity contribution in [3.8, 4) is 11.7 Å². The van der Waals surface area contributed by atoms with Crippen LogP contribution in [0.2, 0.25) is 0 Å². The highest BCUT2D eigenvalue weighted by atomic mass is 16.4. The third-order valence-corrected chi connectivity index (χ3v) is 3.23. The van der Waals surface area contributed by atoms with Crippen molar-refractivity contribution in [2.75, 3.05) is 0 Å². The Labute approximate surface area is 117 Å². The molecule has 0 unspecified atom stereocenters. The van der Waals surface area contributed by atoms with Gasteiger partial charge in [-0.1, -0.05) is 32.9 Å². The van der Waals surface area contributed by atoms with Crippen molar-refractivity contribution in [1.29, 1.82) is 0 Å². The first-order valence-electron chi connectivity index (χ1n) is 6.80. The smallest absolute Gasteiger partial charge is 0.283 e. The maximum atomic E-state index is 5.80. The van der Waals surface area contributed by atoms with E-state index in [2.05, 4.69) is 32.7 Å². The second-order valence-electron chi connectivity index (χ2n) is 5.83. The van der Waals surface area contributed by atoms with Crippen LogP contribution in [-0.4, -0.2) is 19.7 Å². The van der Waals surface area contributed by atoms with Gasteiger partial charge < -0.3 is 8.98 Å². The van der Waals surface area contributed by atoms with Crippen molar-refractivity contribution in [2.45, 2.75) is 39.7 Å². The van der Waals surface area contributed by atoms with Crippen LogP contribution < -0.4 is 0 Å². The molecular weight excluding hydrogens is 252 g/mol. The number of aryl methyl sites for hydroxylation is 1. The van der Waals surface area contributed by atoms with E-state index < -0.39 is 0 Å². The first kappa shape index (κ1) is 12.8. The monoisotopic (exact) mass is 270 g/mol. The summed E-state index contributed by atoms with van der Waals surface area (Å²) in [6.07, 6.45) is 0. The van der Waals surface area contributed by atoms with E-state index in [1.807, 2.05) is 39.0 Å². The molecule has 2 aromatic heterocycles. The number of hydrogen-bond acceptors (Lipinski definition) is 4. The van der Waals surface area contributed by atoms with Gasteiger partial charge in [0, 0.05) is 12.0 Å². The molecule has 0 aliphatic carbocycles. The summed E-state index contributed by atoms with van der Waals surface area (Å²) in [5, 5.41) is 8.30. The molecule has 104 valence electrons. The number of aromatic nitrogens is 4. The molecular formula is C15H18N4O. The van der Waals surface area contributed by atoms with Gasteiger partial charge in [0.15, 0.2) is 5.82 Å². The maximum Gasteiger partial charge on any atom is 0.283 e. The summed E-state index contributed by atoms with van der Waals surface area (Å²) in [6.45, 7) is 9.04. The molecule has 0 radical (unpaired) electrons. The van der Waals surface area contributed by atoms with Crippen LogP contribution in [-0.2, 0) is 12.0 Å². The maximum absolute atomic E-state index is 5.80. The minimum atomic E-state index is -0.158. The van der Waals surface area contributed by atoms with Crippen molar-refractivity contribution < 1.29 is 4.42 Å². The van der Waals surface area contributed by atoms with E-state index >= 15 is 0 Å². The lowest BCUT2D eigenvalue weighted by molar-refractivity contribution is 0.397. The standard InChI is InChI=1S/C15H18N4O/c1-5-19-11-9-7-6-8-10(11)16-12(19)13-17-18-14(20-13)15(2,3)4/h6-9H,5H2,1-4H3. The van der Waals surface area contributed by atoms with Crippen molar-refractivity contribution in [1.82, 2.24) is 19.7 Å². The molecule has 2 heterocycles. The summed E-state index contributed by atoms with van der Waals surface area (Å²) >= 11 is 0. The summed E-state index contributed by atoms with van der Waals surface area (Å²) in [4.78, 5) is 4.62. The van der Waals surface area contributed by atoms with Gasteiger partial charge in [0.1, 0.15) is 0 Å². The Morgan fingerprint density at radius 3 is 2.55 bits per heavy atom. The molecule has 3 aromatic rings. The van der Waals surface area contributed by atoms with Crippen molar-refractivity contribution in [3.63, 3.8) is 0 Å². The molecule has 5 nitrogen and oxygen atoms in total. The average Bonchev–Trinajstić information content (AvgIpc) is 3.02. The molecule has 5 heteroatoms. The Morgan fingerprint density at radius 2 is 1.90 bits per heavy atom. The zero-order valence-corrected chi connectivity index (χ0v) is 12.2. The first-order valence-corrected chi connectivity index (χ1v) is 6.80. The molecule has 0 aliphatic rings. The van der Waals surface area contributed by atoms with Gasteiger partial charge >= 0.3 is 0 Å². The average molecular weight is 270 g/mol. The Kier molecular flexibility index (Phi) is 2.85. The van der Waals surface area contributed by atoms with Crippen LogP contribution in [0.25, 0.3) is 22.7 Å². The number of hydrogen-bond donors (Lipinski definition) is 0. The Hall–Kier alpha value is -2.17. The fraction of sp³-hybridized carbons (Fsp3) is 0.400. The lowest BCUT2D eigenvalue weighted by Crippen LogP contribution is -2.11. The number of imidazole rings is 1. The van der Waals surface area contributed by atoms with E-state index in [0.717, 1.165) is 23.4 Å². The SMILES string of the molecule is CCn1c(-c2nnc(C(C)(C)C)o2)nc2ccccc21. The van der Waals surface area contributed by atoms with Crippen LogP contribution in [0.5, 0.6) is 0 Å². The number of nitrogens with zero attached hydrogens (tertiary/aromatic N) is 4. The van der Waals surface area contributed by atoms with E-state index in [9.17, 15) is 0 Å². The van der Waals surface area contributed by atoms with E-state index in [-0.39, 0.29) is 5.41 Å². The molecule has 0 spiro atoms. The Balaban J connectivity index is 2.17. The van der Waals surface area contributed by atoms with Gasteiger partial charge in [-0.3, -0.25) is 0 Å². The molecule has 0 saturated carbocycles. The van der Waals surface area contributed by atoms with Crippen LogP contribution >= 0.6 is 0 Å². The molecule has 0 N–H and O–H groups in total. The topological polar surface area (TPSA) is 56.7 Å². The number of rotatable bonds is 2. The summed E-state index contributed by atoms with van der Waals surface area (Å²) in [6, 6.07) is 8.03. The van der Waals surface area contributed by atoms with Gasteiger partial charge in [0.25, 0.3) is 5.89 Å². The summed E-state index contributed by atoms with van der Waals surface area (Å²) < 4.78 is 7.89. The molecule has 20 heavy (non-hydrogen) atoms. The van der Waals surface area contributed by atoms with Crippen LogP contribution in [0.3, 0.4) is 0 Å². The van der Waals surface area contributed by atoms with E-state index in [0.29, 0.717) is 11.8 Å². The molecule has 0 atom stereocenters. The zero-order chi connectivity index (χ0) is 14.3. The molecule has 0 bridgehead atoms. The Morgan fingerprint density at radius 1 is 1.15 bits per heavy atom. The number of para-hydroxylation sites is 2. The molecule has 0 saturated heterocycles. The fourth-order valence-electron chi connectivity index (χ4n) is 2.18. The van der Waals surface area contributed by atoms with Gasteiger partial charge in [-0.25, -0.2) is 4.98 Å². The second-order valence-corrected chi connectivity index (χ2v) is 5.83. The third-order valence-electron chi connectivity index (χ3n) is 3.23. The molecule has 0 amide bonds. The molecule has 0 aliphatic heterocycles. The van der Waals surface area contributed by atoms with Crippen LogP contribution in [0, 0.1) is 0 Å². The minimum absolute atomic E-state index is 0.158. The highest BCUT2D eigenvalue weighted by Gasteiger charge is 2.24. The first-order chi connectivity index (χ1) is 9.50. The summed E-state index contributed by atoms with van der Waals surface area (Å²) in [5.74, 6) is 1.84. The van der Waals surface area contributed by atoms with Gasteiger partial charge in [0.05, 0.1) is 11.0 Å². The van der Waals surface area contributed by atoms with Crippen molar-refractivity contribution >= 4 is 11.0 Å². The third kappa shape index (κ3) is 1.99. The van der Waals surface area contributed by atoms with Crippen LogP contribution in [0.4, 0.5) is 0 Å². The molecule has 3 rings (SSSR count). The fourth-order valence-corrected chi connectivity index (χ4v) is 2.18. The lowest BCUT2D eigenvalue weighted by atomic mass is 9.97. The molecule has 1 aromatic carbocycles. The largest absolute Gasteiger partial charge is 0.418 e. The predicted octanol–water partition coefficient (Wildman–Crippen LogP) is 3.40.